The SMILES string of the molecule is O=C(COC(=O)Cc1ccc2c(c1)CCCC2)Nc1ncc(Cl)cc1Cl. The number of halogens is 2. The molecule has 0 fully saturated rings. The monoisotopic (exact) mass is 392 g/mol. The highest BCUT2D eigenvalue weighted by atomic mass is 35.5. The van der Waals surface area contributed by atoms with Crippen LogP contribution in [0.3, 0.4) is 0 Å². The molecule has 1 aromatic carbocycles. The number of nitrogens with zero attached hydrogens (tertiary/aromatic N) is 1. The molecule has 26 heavy (non-hydrogen) atoms. The molecular formula is C19H18Cl2N2O3. The minimum Gasteiger partial charge on any atom is -0.455 e. The largest absolute Gasteiger partial charge is 0.455 e. The summed E-state index contributed by atoms with van der Waals surface area (Å²) < 4.78 is 5.04. The van der Waals surface area contributed by atoms with E-state index in [-0.39, 0.29) is 17.3 Å². The molecule has 2 aromatic rings. The third-order valence-electron chi connectivity index (χ3n) is 4.19. The van der Waals surface area contributed by atoms with Crippen LogP contribution in [0.25, 0.3) is 0 Å². The molecule has 1 aromatic heterocycles. The number of fused-ring (bicyclic) bond motifs is 1. The summed E-state index contributed by atoms with van der Waals surface area (Å²) >= 11 is 11.7. The van der Waals surface area contributed by atoms with Crippen molar-refractivity contribution in [1.82, 2.24) is 4.98 Å². The molecule has 1 N–H and O–H groups in total. The lowest BCUT2D eigenvalue weighted by Gasteiger charge is -2.16. The Balaban J connectivity index is 1.50. The van der Waals surface area contributed by atoms with E-state index in [1.54, 1.807) is 0 Å². The van der Waals surface area contributed by atoms with Crippen molar-refractivity contribution >= 4 is 40.9 Å². The summed E-state index contributed by atoms with van der Waals surface area (Å²) in [6, 6.07) is 7.56. The number of esters is 1. The zero-order valence-corrected chi connectivity index (χ0v) is 15.6. The number of carbonyl (C=O) groups is 2. The smallest absolute Gasteiger partial charge is 0.310 e. The molecular weight excluding hydrogens is 375 g/mol. The highest BCUT2D eigenvalue weighted by molar-refractivity contribution is 6.36. The van der Waals surface area contributed by atoms with Gasteiger partial charge in [-0.15, -0.1) is 0 Å². The molecule has 5 nitrogen and oxygen atoms in total. The van der Waals surface area contributed by atoms with Crippen LogP contribution in [0.4, 0.5) is 5.82 Å². The Kier molecular flexibility index (Phi) is 6.12. The molecule has 1 amide bonds. The number of anilines is 1. The first-order chi connectivity index (χ1) is 12.5. The predicted octanol–water partition coefficient (Wildman–Crippen LogP) is 3.99. The predicted molar refractivity (Wildman–Crippen MR) is 101 cm³/mol. The van der Waals surface area contributed by atoms with E-state index in [2.05, 4.69) is 22.4 Å². The van der Waals surface area contributed by atoms with Crippen LogP contribution in [0.5, 0.6) is 0 Å². The zero-order valence-electron chi connectivity index (χ0n) is 14.1. The van der Waals surface area contributed by atoms with Crippen LogP contribution in [0.2, 0.25) is 10.0 Å². The van der Waals surface area contributed by atoms with Gasteiger partial charge in [-0.05, 0) is 48.4 Å². The molecule has 3 rings (SSSR count). The number of aryl methyl sites for hydroxylation is 2. The molecule has 136 valence electrons. The second-order valence-corrected chi connectivity index (χ2v) is 7.02. The van der Waals surface area contributed by atoms with E-state index in [9.17, 15) is 9.59 Å². The average molecular weight is 393 g/mol. The Morgan fingerprint density at radius 2 is 1.88 bits per heavy atom. The Hall–Kier alpha value is -2.11. The van der Waals surface area contributed by atoms with Gasteiger partial charge in [0.15, 0.2) is 12.4 Å². The molecule has 0 atom stereocenters. The molecule has 1 heterocycles. The third-order valence-corrected chi connectivity index (χ3v) is 4.69. The summed E-state index contributed by atoms with van der Waals surface area (Å²) in [6.45, 7) is -0.398. The van der Waals surface area contributed by atoms with E-state index in [0.29, 0.717) is 5.02 Å². The van der Waals surface area contributed by atoms with Crippen molar-refractivity contribution in [3.8, 4) is 0 Å². The number of hydrogen-bond acceptors (Lipinski definition) is 4. The highest BCUT2D eigenvalue weighted by Gasteiger charge is 2.14. The minimum absolute atomic E-state index is 0.139. The van der Waals surface area contributed by atoms with Gasteiger partial charge >= 0.3 is 5.97 Å². The lowest BCUT2D eigenvalue weighted by molar-refractivity contribution is -0.146. The molecule has 0 unspecified atom stereocenters. The fourth-order valence-electron chi connectivity index (χ4n) is 2.94. The van der Waals surface area contributed by atoms with E-state index < -0.39 is 18.5 Å². The van der Waals surface area contributed by atoms with Gasteiger partial charge in [-0.2, -0.15) is 0 Å². The van der Waals surface area contributed by atoms with Crippen molar-refractivity contribution in [2.75, 3.05) is 11.9 Å². The number of rotatable bonds is 5. The first-order valence-corrected chi connectivity index (χ1v) is 9.14. The lowest BCUT2D eigenvalue weighted by atomic mass is 9.90. The van der Waals surface area contributed by atoms with E-state index >= 15 is 0 Å². The number of hydrogen-bond donors (Lipinski definition) is 1. The fourth-order valence-corrected chi connectivity index (χ4v) is 3.36. The molecule has 0 radical (unpaired) electrons. The van der Waals surface area contributed by atoms with E-state index in [4.69, 9.17) is 27.9 Å². The fraction of sp³-hybridized carbons (Fsp3) is 0.316. The summed E-state index contributed by atoms with van der Waals surface area (Å²) in [5.41, 5.74) is 3.57. The van der Waals surface area contributed by atoms with Crippen molar-refractivity contribution in [2.45, 2.75) is 32.1 Å². The van der Waals surface area contributed by atoms with E-state index in [1.165, 1.54) is 36.2 Å². The summed E-state index contributed by atoms with van der Waals surface area (Å²) in [6.07, 6.45) is 6.06. The highest BCUT2D eigenvalue weighted by Crippen LogP contribution is 2.23. The molecule has 0 spiro atoms. The molecule has 0 aliphatic heterocycles. The zero-order chi connectivity index (χ0) is 18.5. The van der Waals surface area contributed by atoms with Crippen LogP contribution in [0.1, 0.15) is 29.5 Å². The number of pyridine rings is 1. The maximum atomic E-state index is 12.0. The van der Waals surface area contributed by atoms with Crippen molar-refractivity contribution in [3.63, 3.8) is 0 Å². The lowest BCUT2D eigenvalue weighted by Crippen LogP contribution is -2.22. The Labute approximate surface area is 161 Å². The Morgan fingerprint density at radius 3 is 2.65 bits per heavy atom. The quantitative estimate of drug-likeness (QED) is 0.780. The van der Waals surface area contributed by atoms with Gasteiger partial charge in [-0.25, -0.2) is 4.98 Å². The molecule has 1 aliphatic rings. The van der Waals surface area contributed by atoms with Gasteiger partial charge in [0.05, 0.1) is 16.5 Å². The topological polar surface area (TPSA) is 68.3 Å². The van der Waals surface area contributed by atoms with Gasteiger partial charge in [0.25, 0.3) is 5.91 Å². The first kappa shape index (κ1) is 18.7. The normalized spacial score (nSPS) is 13.0. The number of carbonyl (C=O) groups excluding carboxylic acids is 2. The van der Waals surface area contributed by atoms with Crippen LogP contribution < -0.4 is 5.32 Å². The van der Waals surface area contributed by atoms with Crippen molar-refractivity contribution < 1.29 is 14.3 Å². The van der Waals surface area contributed by atoms with Crippen LogP contribution in [0, 0.1) is 0 Å². The molecule has 0 saturated heterocycles. The summed E-state index contributed by atoms with van der Waals surface area (Å²) in [5, 5.41) is 3.06. The number of aromatic nitrogens is 1. The average Bonchev–Trinajstić information content (AvgIpc) is 2.62. The van der Waals surface area contributed by atoms with E-state index in [0.717, 1.165) is 18.4 Å². The van der Waals surface area contributed by atoms with Gasteiger partial charge in [-0.1, -0.05) is 41.4 Å². The van der Waals surface area contributed by atoms with Crippen molar-refractivity contribution in [3.05, 3.63) is 57.2 Å². The maximum absolute atomic E-state index is 12.0. The van der Waals surface area contributed by atoms with Crippen LogP contribution in [0.15, 0.2) is 30.5 Å². The standard InChI is InChI=1S/C19H18Cl2N2O3/c20-15-9-16(21)19(22-10-15)23-17(24)11-26-18(25)8-12-5-6-13-3-1-2-4-14(13)7-12/h5-7,9-10H,1-4,8,11H2,(H,22,23,24). The summed E-state index contributed by atoms with van der Waals surface area (Å²) in [4.78, 5) is 27.8. The van der Waals surface area contributed by atoms with E-state index in [1.807, 2.05) is 6.07 Å². The second-order valence-electron chi connectivity index (χ2n) is 6.18. The number of benzene rings is 1. The summed E-state index contributed by atoms with van der Waals surface area (Å²) in [7, 11) is 0. The minimum atomic E-state index is -0.513. The number of nitrogens with one attached hydrogen (secondary N) is 1. The van der Waals surface area contributed by atoms with Crippen LogP contribution in [-0.2, 0) is 33.6 Å². The van der Waals surface area contributed by atoms with Crippen molar-refractivity contribution in [2.24, 2.45) is 0 Å². The van der Waals surface area contributed by atoms with Crippen LogP contribution in [-0.4, -0.2) is 23.5 Å². The maximum Gasteiger partial charge on any atom is 0.310 e. The number of ether oxygens (including phenoxy) is 1. The Morgan fingerprint density at radius 1 is 1.12 bits per heavy atom. The molecule has 1 aliphatic carbocycles. The van der Waals surface area contributed by atoms with Gasteiger partial charge < -0.3 is 10.1 Å². The molecule has 0 bridgehead atoms. The van der Waals surface area contributed by atoms with Crippen LogP contribution >= 0.6 is 23.2 Å². The van der Waals surface area contributed by atoms with Gasteiger partial charge in [0, 0.05) is 6.20 Å². The van der Waals surface area contributed by atoms with Crippen molar-refractivity contribution in [1.29, 1.82) is 0 Å². The van der Waals surface area contributed by atoms with Gasteiger partial charge in [-0.3, -0.25) is 9.59 Å². The second kappa shape index (κ2) is 8.52. The van der Waals surface area contributed by atoms with Gasteiger partial charge in [0.2, 0.25) is 0 Å². The third kappa shape index (κ3) is 4.96. The first-order valence-electron chi connectivity index (χ1n) is 8.38. The molecule has 7 heteroatoms. The Bertz CT molecular complexity index is 840. The molecule has 0 saturated carbocycles. The number of amides is 1. The summed E-state index contributed by atoms with van der Waals surface area (Å²) in [5.74, 6) is -0.793. The van der Waals surface area contributed by atoms with Gasteiger partial charge in [0.1, 0.15) is 0 Å².